The lowest BCUT2D eigenvalue weighted by atomic mass is 10.0. The summed E-state index contributed by atoms with van der Waals surface area (Å²) in [7, 11) is 0. The summed E-state index contributed by atoms with van der Waals surface area (Å²) in [4.78, 5) is 23.6. The van der Waals surface area contributed by atoms with Gasteiger partial charge < -0.3 is 10.2 Å². The van der Waals surface area contributed by atoms with Crippen molar-refractivity contribution in [3.63, 3.8) is 0 Å². The SMILES string of the molecule is Cc1cc(C(=O)N2CCCCC2)nc(Nc2ccccc2C(C)C)n1. The molecule has 1 amide bonds. The summed E-state index contributed by atoms with van der Waals surface area (Å²) in [6, 6.07) is 9.92. The first-order valence-electron chi connectivity index (χ1n) is 9.05. The molecule has 1 N–H and O–H groups in total. The molecule has 1 aliphatic rings. The van der Waals surface area contributed by atoms with E-state index >= 15 is 0 Å². The molecule has 1 aromatic carbocycles. The molecule has 0 saturated carbocycles. The van der Waals surface area contributed by atoms with Crippen LogP contribution in [0.3, 0.4) is 0 Å². The minimum absolute atomic E-state index is 0.00500. The third-order valence-electron chi connectivity index (χ3n) is 4.55. The fourth-order valence-corrected chi connectivity index (χ4v) is 3.23. The Morgan fingerprint density at radius 2 is 1.84 bits per heavy atom. The molecule has 2 aromatic rings. The van der Waals surface area contributed by atoms with Crippen molar-refractivity contribution in [2.24, 2.45) is 0 Å². The summed E-state index contributed by atoms with van der Waals surface area (Å²) in [5.41, 5.74) is 3.45. The smallest absolute Gasteiger partial charge is 0.272 e. The number of amides is 1. The van der Waals surface area contributed by atoms with Gasteiger partial charge in [0.05, 0.1) is 0 Å². The van der Waals surface area contributed by atoms with Crippen LogP contribution in [0.4, 0.5) is 11.6 Å². The van der Waals surface area contributed by atoms with E-state index in [9.17, 15) is 4.79 Å². The number of aromatic nitrogens is 2. The second kappa shape index (κ2) is 7.64. The Kier molecular flexibility index (Phi) is 5.31. The number of aryl methyl sites for hydroxylation is 1. The number of anilines is 2. The number of para-hydroxylation sites is 1. The third-order valence-corrected chi connectivity index (χ3v) is 4.55. The van der Waals surface area contributed by atoms with Crippen LogP contribution in [-0.2, 0) is 0 Å². The lowest BCUT2D eigenvalue weighted by Gasteiger charge is -2.26. The van der Waals surface area contributed by atoms with Gasteiger partial charge in [-0.05, 0) is 49.8 Å². The predicted octanol–water partition coefficient (Wildman–Crippen LogP) is 4.28. The summed E-state index contributed by atoms with van der Waals surface area (Å²) < 4.78 is 0. The zero-order valence-electron chi connectivity index (χ0n) is 15.2. The number of benzene rings is 1. The van der Waals surface area contributed by atoms with Crippen LogP contribution in [0.25, 0.3) is 0 Å². The maximum absolute atomic E-state index is 12.7. The molecule has 5 nitrogen and oxygen atoms in total. The van der Waals surface area contributed by atoms with Crippen LogP contribution in [0.5, 0.6) is 0 Å². The summed E-state index contributed by atoms with van der Waals surface area (Å²) in [6.07, 6.45) is 3.34. The average Bonchev–Trinajstić information content (AvgIpc) is 2.61. The maximum atomic E-state index is 12.7. The molecule has 132 valence electrons. The van der Waals surface area contributed by atoms with Crippen molar-refractivity contribution >= 4 is 17.5 Å². The molecule has 0 bridgehead atoms. The number of carbonyl (C=O) groups is 1. The van der Waals surface area contributed by atoms with Gasteiger partial charge in [-0.3, -0.25) is 4.79 Å². The Morgan fingerprint density at radius 3 is 2.56 bits per heavy atom. The summed E-state index contributed by atoms with van der Waals surface area (Å²) in [5, 5.41) is 3.30. The second-order valence-corrected chi connectivity index (χ2v) is 6.94. The zero-order valence-corrected chi connectivity index (χ0v) is 15.2. The van der Waals surface area contributed by atoms with Gasteiger partial charge in [0.25, 0.3) is 5.91 Å². The molecule has 0 unspecified atom stereocenters. The van der Waals surface area contributed by atoms with Crippen LogP contribution in [-0.4, -0.2) is 33.9 Å². The van der Waals surface area contributed by atoms with Gasteiger partial charge in [-0.15, -0.1) is 0 Å². The van der Waals surface area contributed by atoms with Crippen molar-refractivity contribution in [2.75, 3.05) is 18.4 Å². The van der Waals surface area contributed by atoms with E-state index in [2.05, 4.69) is 35.2 Å². The molecule has 0 atom stereocenters. The summed E-state index contributed by atoms with van der Waals surface area (Å²) >= 11 is 0. The van der Waals surface area contributed by atoms with Crippen molar-refractivity contribution in [1.82, 2.24) is 14.9 Å². The quantitative estimate of drug-likeness (QED) is 0.904. The molecule has 1 saturated heterocycles. The average molecular weight is 338 g/mol. The standard InChI is InChI=1S/C20H26N4O/c1-14(2)16-9-5-6-10-17(16)22-20-21-15(3)13-18(23-20)19(25)24-11-7-4-8-12-24/h5-6,9-10,13-14H,4,7-8,11-12H2,1-3H3,(H,21,22,23). The van der Waals surface area contributed by atoms with Gasteiger partial charge in [-0.2, -0.15) is 0 Å². The first-order chi connectivity index (χ1) is 12.0. The van der Waals surface area contributed by atoms with Crippen molar-refractivity contribution in [3.05, 3.63) is 47.3 Å². The third kappa shape index (κ3) is 4.16. The van der Waals surface area contributed by atoms with E-state index < -0.39 is 0 Å². The van der Waals surface area contributed by atoms with Gasteiger partial charge in [-0.25, -0.2) is 9.97 Å². The highest BCUT2D eigenvalue weighted by atomic mass is 16.2. The first-order valence-corrected chi connectivity index (χ1v) is 9.05. The number of piperidine rings is 1. The molecular weight excluding hydrogens is 312 g/mol. The minimum Gasteiger partial charge on any atom is -0.337 e. The molecule has 1 aromatic heterocycles. The lowest BCUT2D eigenvalue weighted by Crippen LogP contribution is -2.36. The van der Waals surface area contributed by atoms with Gasteiger partial charge in [0.1, 0.15) is 5.69 Å². The lowest BCUT2D eigenvalue weighted by molar-refractivity contribution is 0.0718. The molecule has 0 radical (unpaired) electrons. The van der Waals surface area contributed by atoms with E-state index in [1.165, 1.54) is 12.0 Å². The van der Waals surface area contributed by atoms with Crippen LogP contribution >= 0.6 is 0 Å². The molecule has 5 heteroatoms. The van der Waals surface area contributed by atoms with Gasteiger partial charge >= 0.3 is 0 Å². The largest absolute Gasteiger partial charge is 0.337 e. The predicted molar refractivity (Wildman–Crippen MR) is 100 cm³/mol. The molecule has 0 spiro atoms. The molecule has 1 fully saturated rings. The Bertz CT molecular complexity index is 751. The van der Waals surface area contributed by atoms with Crippen molar-refractivity contribution < 1.29 is 4.79 Å². The van der Waals surface area contributed by atoms with Gasteiger partial charge in [0, 0.05) is 24.5 Å². The highest BCUT2D eigenvalue weighted by Gasteiger charge is 2.20. The number of carbonyl (C=O) groups excluding carboxylic acids is 1. The van der Waals surface area contributed by atoms with Gasteiger partial charge in [0.15, 0.2) is 0 Å². The monoisotopic (exact) mass is 338 g/mol. The molecular formula is C20H26N4O. The molecule has 25 heavy (non-hydrogen) atoms. The molecule has 1 aliphatic heterocycles. The fourth-order valence-electron chi connectivity index (χ4n) is 3.23. The van der Waals surface area contributed by atoms with E-state index in [1.807, 2.05) is 30.0 Å². The highest BCUT2D eigenvalue weighted by molar-refractivity contribution is 5.92. The Balaban J connectivity index is 1.86. The van der Waals surface area contributed by atoms with Gasteiger partial charge in [0.2, 0.25) is 5.95 Å². The van der Waals surface area contributed by atoms with Crippen LogP contribution in [0, 0.1) is 6.92 Å². The number of rotatable bonds is 4. The normalized spacial score (nSPS) is 14.6. The summed E-state index contributed by atoms with van der Waals surface area (Å²) in [6.45, 7) is 7.85. The fraction of sp³-hybridized carbons (Fsp3) is 0.450. The van der Waals surface area contributed by atoms with Gasteiger partial charge in [-0.1, -0.05) is 32.0 Å². The molecule has 0 aliphatic carbocycles. The van der Waals surface area contributed by atoms with Crippen LogP contribution in [0.2, 0.25) is 0 Å². The van der Waals surface area contributed by atoms with Crippen LogP contribution in [0.15, 0.2) is 30.3 Å². The second-order valence-electron chi connectivity index (χ2n) is 6.94. The Morgan fingerprint density at radius 1 is 1.12 bits per heavy atom. The maximum Gasteiger partial charge on any atom is 0.272 e. The van der Waals surface area contributed by atoms with Crippen LogP contribution < -0.4 is 5.32 Å². The first kappa shape index (κ1) is 17.4. The number of hydrogen-bond acceptors (Lipinski definition) is 4. The topological polar surface area (TPSA) is 58.1 Å². The van der Waals surface area contributed by atoms with Crippen molar-refractivity contribution in [2.45, 2.75) is 46.0 Å². The van der Waals surface area contributed by atoms with E-state index in [4.69, 9.17) is 0 Å². The molecule has 2 heterocycles. The van der Waals surface area contributed by atoms with E-state index in [0.29, 0.717) is 17.6 Å². The number of hydrogen-bond donors (Lipinski definition) is 1. The number of nitrogens with one attached hydrogen (secondary N) is 1. The number of likely N-dealkylation sites (tertiary alicyclic amines) is 1. The van der Waals surface area contributed by atoms with Crippen LogP contribution in [0.1, 0.15) is 60.8 Å². The molecule has 3 rings (SSSR count). The minimum atomic E-state index is 0.00500. The summed E-state index contributed by atoms with van der Waals surface area (Å²) in [5.74, 6) is 0.877. The highest BCUT2D eigenvalue weighted by Crippen LogP contribution is 2.26. The Labute approximate surface area is 149 Å². The zero-order chi connectivity index (χ0) is 17.8. The van der Waals surface area contributed by atoms with E-state index in [-0.39, 0.29) is 5.91 Å². The van der Waals surface area contributed by atoms with E-state index in [0.717, 1.165) is 37.3 Å². The van der Waals surface area contributed by atoms with E-state index in [1.54, 1.807) is 6.07 Å². The number of nitrogens with zero attached hydrogens (tertiary/aromatic N) is 3. The van der Waals surface area contributed by atoms with Crippen molar-refractivity contribution in [1.29, 1.82) is 0 Å². The van der Waals surface area contributed by atoms with Crippen molar-refractivity contribution in [3.8, 4) is 0 Å². The Hall–Kier alpha value is -2.43.